The van der Waals surface area contributed by atoms with E-state index in [1.165, 1.54) is 17.0 Å². The van der Waals surface area contributed by atoms with Gasteiger partial charge in [-0.25, -0.2) is 14.4 Å². The van der Waals surface area contributed by atoms with E-state index in [2.05, 4.69) is 32.5 Å². The second kappa shape index (κ2) is 12.4. The molecule has 3 aromatic rings. The topological polar surface area (TPSA) is 71.4 Å². The molecule has 2 N–H and O–H groups in total. The van der Waals surface area contributed by atoms with Gasteiger partial charge in [0.15, 0.2) is 5.96 Å². The number of guanidine groups is 1. The van der Waals surface area contributed by atoms with Gasteiger partial charge in [0, 0.05) is 49.9 Å². The average molecular weight is 541 g/mol. The molecule has 2 aromatic heterocycles. The van der Waals surface area contributed by atoms with Gasteiger partial charge in [0.25, 0.3) is 0 Å². The zero-order chi connectivity index (χ0) is 20.5. The van der Waals surface area contributed by atoms with Crippen LogP contribution < -0.4 is 15.4 Å². The van der Waals surface area contributed by atoms with Crippen molar-refractivity contribution >= 4 is 41.3 Å². The highest BCUT2D eigenvalue weighted by molar-refractivity contribution is 14.0. The first kappa shape index (κ1) is 24.0. The van der Waals surface area contributed by atoms with Crippen molar-refractivity contribution in [3.05, 3.63) is 70.1 Å². The smallest absolute Gasteiger partial charge is 0.219 e. The summed E-state index contributed by atoms with van der Waals surface area (Å²) >= 11 is 1.75. The minimum absolute atomic E-state index is 0. The van der Waals surface area contributed by atoms with Gasteiger partial charge in [-0.1, -0.05) is 6.92 Å². The highest BCUT2D eigenvalue weighted by atomic mass is 127. The van der Waals surface area contributed by atoms with Crippen LogP contribution >= 0.6 is 35.3 Å². The fourth-order valence-corrected chi connectivity index (χ4v) is 3.42. The van der Waals surface area contributed by atoms with Crippen molar-refractivity contribution in [2.45, 2.75) is 26.3 Å². The van der Waals surface area contributed by atoms with Gasteiger partial charge in [-0.2, -0.15) is 0 Å². The minimum Gasteiger partial charge on any atom is -0.439 e. The van der Waals surface area contributed by atoms with Gasteiger partial charge in [-0.05, 0) is 42.3 Å². The maximum absolute atomic E-state index is 13.0. The van der Waals surface area contributed by atoms with Gasteiger partial charge in [0.2, 0.25) is 5.88 Å². The number of halogens is 2. The maximum Gasteiger partial charge on any atom is 0.219 e. The summed E-state index contributed by atoms with van der Waals surface area (Å²) in [5, 5.41) is 7.70. The van der Waals surface area contributed by atoms with Gasteiger partial charge in [-0.3, -0.25) is 4.99 Å². The highest BCUT2D eigenvalue weighted by Crippen LogP contribution is 2.20. The number of thiazole rings is 1. The van der Waals surface area contributed by atoms with Gasteiger partial charge < -0.3 is 15.4 Å². The molecule has 0 aliphatic rings. The van der Waals surface area contributed by atoms with Crippen LogP contribution in [0.25, 0.3) is 0 Å². The fraction of sp³-hybridized carbons (Fsp3) is 0.286. The fourth-order valence-electron chi connectivity index (χ4n) is 2.56. The first-order chi connectivity index (χ1) is 14.2. The van der Waals surface area contributed by atoms with Crippen LogP contribution in [0.2, 0.25) is 0 Å². The number of aryl methyl sites for hydroxylation is 1. The Kier molecular flexibility index (Phi) is 9.95. The molecule has 30 heavy (non-hydrogen) atoms. The third-order valence-corrected chi connectivity index (χ3v) is 5.30. The Labute approximate surface area is 197 Å². The van der Waals surface area contributed by atoms with Gasteiger partial charge >= 0.3 is 0 Å². The molecule has 0 unspecified atom stereocenters. The Morgan fingerprint density at radius 2 is 1.97 bits per heavy atom. The van der Waals surface area contributed by atoms with Crippen LogP contribution in [0.1, 0.15) is 22.4 Å². The van der Waals surface area contributed by atoms with Crippen molar-refractivity contribution in [2.75, 3.05) is 13.6 Å². The number of nitrogens with zero attached hydrogens (tertiary/aromatic N) is 3. The highest BCUT2D eigenvalue weighted by Gasteiger charge is 2.04. The van der Waals surface area contributed by atoms with Crippen LogP contribution in [0.5, 0.6) is 11.6 Å². The third-order valence-electron chi connectivity index (χ3n) is 4.10. The van der Waals surface area contributed by atoms with Crippen molar-refractivity contribution in [2.24, 2.45) is 4.99 Å². The van der Waals surface area contributed by atoms with Crippen LogP contribution in [0.15, 0.2) is 53.8 Å². The predicted molar refractivity (Wildman–Crippen MR) is 130 cm³/mol. The molecule has 2 heterocycles. The number of benzene rings is 1. The largest absolute Gasteiger partial charge is 0.439 e. The average Bonchev–Trinajstić information content (AvgIpc) is 3.20. The second-order valence-corrected chi connectivity index (χ2v) is 7.43. The number of hydrogen-bond donors (Lipinski definition) is 2. The second-order valence-electron chi connectivity index (χ2n) is 6.23. The van der Waals surface area contributed by atoms with Crippen LogP contribution in [-0.2, 0) is 19.4 Å². The molecule has 0 aliphatic heterocycles. The number of pyridine rings is 1. The molecule has 3 rings (SSSR count). The summed E-state index contributed by atoms with van der Waals surface area (Å²) in [6.45, 7) is 3.46. The van der Waals surface area contributed by atoms with Crippen molar-refractivity contribution in [1.82, 2.24) is 20.6 Å². The molecule has 0 radical (unpaired) electrons. The summed E-state index contributed by atoms with van der Waals surface area (Å²) in [6, 6.07) is 9.58. The summed E-state index contributed by atoms with van der Waals surface area (Å²) in [4.78, 5) is 14.2. The molecular formula is C21H25FIN5OS. The molecular weight excluding hydrogens is 516 g/mol. The lowest BCUT2D eigenvalue weighted by Gasteiger charge is -2.12. The molecule has 0 saturated heterocycles. The number of nitrogens with one attached hydrogen (secondary N) is 2. The molecule has 0 aliphatic carbocycles. The molecule has 0 amide bonds. The van der Waals surface area contributed by atoms with Gasteiger partial charge in [0.05, 0.1) is 5.01 Å². The summed E-state index contributed by atoms with van der Waals surface area (Å²) in [5.41, 5.74) is 0.993. The summed E-state index contributed by atoms with van der Waals surface area (Å²) in [5.74, 6) is 1.40. The molecule has 6 nitrogen and oxygen atoms in total. The van der Waals surface area contributed by atoms with Gasteiger partial charge in [-0.15, -0.1) is 35.3 Å². The van der Waals surface area contributed by atoms with Crippen molar-refractivity contribution < 1.29 is 9.13 Å². The van der Waals surface area contributed by atoms with E-state index in [1.807, 2.05) is 18.3 Å². The number of hydrogen-bond acceptors (Lipinski definition) is 5. The lowest BCUT2D eigenvalue weighted by Crippen LogP contribution is -2.37. The molecule has 0 saturated carbocycles. The molecule has 1 aromatic carbocycles. The zero-order valence-electron chi connectivity index (χ0n) is 16.9. The van der Waals surface area contributed by atoms with Crippen LogP contribution in [-0.4, -0.2) is 29.5 Å². The monoisotopic (exact) mass is 541 g/mol. The van der Waals surface area contributed by atoms with E-state index < -0.39 is 0 Å². The third kappa shape index (κ3) is 7.52. The van der Waals surface area contributed by atoms with E-state index in [1.54, 1.807) is 36.7 Å². The van der Waals surface area contributed by atoms with E-state index in [9.17, 15) is 4.39 Å². The molecule has 0 atom stereocenters. The first-order valence-corrected chi connectivity index (χ1v) is 10.2. The van der Waals surface area contributed by atoms with E-state index in [0.717, 1.165) is 35.9 Å². The number of ether oxygens (including phenoxy) is 1. The van der Waals surface area contributed by atoms with E-state index >= 15 is 0 Å². The van der Waals surface area contributed by atoms with E-state index in [-0.39, 0.29) is 29.8 Å². The van der Waals surface area contributed by atoms with E-state index in [4.69, 9.17) is 4.74 Å². The number of aromatic nitrogens is 2. The summed E-state index contributed by atoms with van der Waals surface area (Å²) in [7, 11) is 1.74. The molecule has 160 valence electrons. The van der Waals surface area contributed by atoms with Crippen molar-refractivity contribution in [1.29, 1.82) is 0 Å². The lowest BCUT2D eigenvalue weighted by molar-refractivity contribution is 0.460. The minimum atomic E-state index is -0.303. The summed E-state index contributed by atoms with van der Waals surface area (Å²) in [6.07, 6.45) is 5.51. The van der Waals surface area contributed by atoms with Gasteiger partial charge in [0.1, 0.15) is 11.6 Å². The zero-order valence-corrected chi connectivity index (χ0v) is 20.0. The Balaban J connectivity index is 0.00000320. The normalized spacial score (nSPS) is 11.0. The SMILES string of the molecule is CCc1cnc(CCNC(=NC)NCc2ccnc(Oc3ccc(F)cc3)c2)s1.I. The first-order valence-electron chi connectivity index (χ1n) is 9.42. The molecule has 0 spiro atoms. The lowest BCUT2D eigenvalue weighted by atomic mass is 10.2. The van der Waals surface area contributed by atoms with Crippen LogP contribution in [0.3, 0.4) is 0 Å². The predicted octanol–water partition coefficient (Wildman–Crippen LogP) is 4.56. The number of aliphatic imine (C=N–C) groups is 1. The number of rotatable bonds is 8. The standard InChI is InChI=1S/C21H24FN5OS.HI/c1-3-18-14-26-20(29-18)9-11-25-21(23-2)27-13-15-8-10-24-19(12-15)28-17-6-4-16(22)5-7-17;/h4-8,10,12,14H,3,9,11,13H2,1-2H3,(H2,23,25,27);1H. The Morgan fingerprint density at radius 1 is 1.17 bits per heavy atom. The van der Waals surface area contributed by atoms with E-state index in [0.29, 0.717) is 18.2 Å². The molecule has 9 heteroatoms. The Morgan fingerprint density at radius 3 is 2.67 bits per heavy atom. The maximum atomic E-state index is 13.0. The van der Waals surface area contributed by atoms with Crippen LogP contribution in [0, 0.1) is 5.82 Å². The van der Waals surface area contributed by atoms with Crippen molar-refractivity contribution in [3.63, 3.8) is 0 Å². The van der Waals surface area contributed by atoms with Crippen LogP contribution in [0.4, 0.5) is 4.39 Å². The van der Waals surface area contributed by atoms with Crippen molar-refractivity contribution in [3.8, 4) is 11.6 Å². The Hall–Kier alpha value is -2.27. The quantitative estimate of drug-likeness (QED) is 0.249. The molecule has 0 fully saturated rings. The Bertz CT molecular complexity index is 949. The molecule has 0 bridgehead atoms. The summed E-state index contributed by atoms with van der Waals surface area (Å²) < 4.78 is 18.7.